The van der Waals surface area contributed by atoms with Gasteiger partial charge >= 0.3 is 0 Å². The van der Waals surface area contributed by atoms with Gasteiger partial charge in [-0.2, -0.15) is 0 Å². The van der Waals surface area contributed by atoms with Gasteiger partial charge in [0.05, 0.1) is 4.88 Å². The molecule has 0 N–H and O–H groups in total. The van der Waals surface area contributed by atoms with Crippen LogP contribution < -0.4 is 4.74 Å². The minimum atomic E-state index is 0.526. The zero-order valence-corrected chi connectivity index (χ0v) is 12.3. The van der Waals surface area contributed by atoms with Crippen LogP contribution in [0.5, 0.6) is 5.75 Å². The lowest BCUT2D eigenvalue weighted by atomic mass is 10.1. The highest BCUT2D eigenvalue weighted by molar-refractivity contribution is 7.13. The number of thiophene rings is 1. The molecule has 2 rings (SSSR count). The van der Waals surface area contributed by atoms with Crippen LogP contribution in [0, 0.1) is 13.8 Å². The second-order valence-electron chi connectivity index (χ2n) is 4.63. The SMILES string of the molecule is CCc1sc(C=O)cc1COc1cc(C)ccc1C. The van der Waals surface area contributed by atoms with Crippen LogP contribution in [-0.4, -0.2) is 6.29 Å². The van der Waals surface area contributed by atoms with Gasteiger partial charge in [-0.1, -0.05) is 19.1 Å². The highest BCUT2D eigenvalue weighted by atomic mass is 32.1. The minimum Gasteiger partial charge on any atom is -0.489 e. The zero-order valence-electron chi connectivity index (χ0n) is 11.5. The fourth-order valence-electron chi connectivity index (χ4n) is 1.99. The lowest BCUT2D eigenvalue weighted by molar-refractivity contribution is 0.112. The van der Waals surface area contributed by atoms with Gasteiger partial charge in [-0.15, -0.1) is 11.3 Å². The van der Waals surface area contributed by atoms with Gasteiger partial charge in [0, 0.05) is 10.4 Å². The smallest absolute Gasteiger partial charge is 0.160 e. The third-order valence-electron chi connectivity index (χ3n) is 3.08. The summed E-state index contributed by atoms with van der Waals surface area (Å²) in [4.78, 5) is 12.8. The molecule has 1 heterocycles. The molecule has 0 aliphatic carbocycles. The fourth-order valence-corrected chi connectivity index (χ4v) is 2.91. The molecule has 19 heavy (non-hydrogen) atoms. The molecule has 0 aliphatic heterocycles. The summed E-state index contributed by atoms with van der Waals surface area (Å²) in [7, 11) is 0. The predicted molar refractivity (Wildman–Crippen MR) is 79.3 cm³/mol. The molecule has 1 aromatic heterocycles. The molecule has 1 aromatic carbocycles. The maximum atomic E-state index is 10.8. The summed E-state index contributed by atoms with van der Waals surface area (Å²) < 4.78 is 5.89. The Kier molecular flexibility index (Phi) is 4.38. The maximum Gasteiger partial charge on any atom is 0.160 e. The number of hydrogen-bond acceptors (Lipinski definition) is 3. The first-order chi connectivity index (χ1) is 9.13. The Bertz CT molecular complexity index is 584. The number of rotatable bonds is 5. The molecular weight excluding hydrogens is 256 g/mol. The van der Waals surface area contributed by atoms with E-state index >= 15 is 0 Å². The number of aldehydes is 1. The molecule has 100 valence electrons. The molecule has 0 unspecified atom stereocenters. The molecule has 0 spiro atoms. The minimum absolute atomic E-state index is 0.526. The Balaban J connectivity index is 2.15. The van der Waals surface area contributed by atoms with Crippen molar-refractivity contribution in [2.45, 2.75) is 33.8 Å². The van der Waals surface area contributed by atoms with Gasteiger partial charge in [-0.25, -0.2) is 0 Å². The average Bonchev–Trinajstić information content (AvgIpc) is 2.82. The largest absolute Gasteiger partial charge is 0.489 e. The van der Waals surface area contributed by atoms with Gasteiger partial charge in [0.15, 0.2) is 6.29 Å². The van der Waals surface area contributed by atoms with Crippen LogP contribution in [0.4, 0.5) is 0 Å². The van der Waals surface area contributed by atoms with E-state index in [1.165, 1.54) is 10.4 Å². The third-order valence-corrected chi connectivity index (χ3v) is 4.33. The number of hydrogen-bond donors (Lipinski definition) is 0. The molecule has 0 bridgehead atoms. The molecule has 0 atom stereocenters. The first-order valence-corrected chi connectivity index (χ1v) is 7.22. The Morgan fingerprint density at radius 2 is 2.05 bits per heavy atom. The molecule has 0 aliphatic rings. The van der Waals surface area contributed by atoms with Crippen LogP contribution in [0.1, 0.15) is 38.2 Å². The van der Waals surface area contributed by atoms with Crippen molar-refractivity contribution in [3.63, 3.8) is 0 Å². The van der Waals surface area contributed by atoms with Crippen LogP contribution in [0.15, 0.2) is 24.3 Å². The van der Waals surface area contributed by atoms with E-state index in [1.807, 2.05) is 19.1 Å². The van der Waals surface area contributed by atoms with Crippen LogP contribution in [-0.2, 0) is 13.0 Å². The van der Waals surface area contributed by atoms with Crippen molar-refractivity contribution in [2.75, 3.05) is 0 Å². The lowest BCUT2D eigenvalue weighted by Crippen LogP contribution is -1.98. The zero-order chi connectivity index (χ0) is 13.8. The van der Waals surface area contributed by atoms with E-state index in [2.05, 4.69) is 26.0 Å². The normalized spacial score (nSPS) is 10.5. The van der Waals surface area contributed by atoms with Crippen molar-refractivity contribution in [3.8, 4) is 5.75 Å². The van der Waals surface area contributed by atoms with Crippen LogP contribution >= 0.6 is 11.3 Å². The van der Waals surface area contributed by atoms with E-state index in [0.29, 0.717) is 6.61 Å². The Morgan fingerprint density at radius 1 is 1.26 bits per heavy atom. The molecule has 0 saturated heterocycles. The second-order valence-corrected chi connectivity index (χ2v) is 5.79. The fraction of sp³-hybridized carbons (Fsp3) is 0.312. The van der Waals surface area contributed by atoms with Crippen molar-refractivity contribution >= 4 is 17.6 Å². The Morgan fingerprint density at radius 3 is 2.74 bits per heavy atom. The summed E-state index contributed by atoms with van der Waals surface area (Å²) >= 11 is 1.55. The summed E-state index contributed by atoms with van der Waals surface area (Å²) in [5, 5.41) is 0. The van der Waals surface area contributed by atoms with E-state index < -0.39 is 0 Å². The van der Waals surface area contributed by atoms with Crippen LogP contribution in [0.25, 0.3) is 0 Å². The Hall–Kier alpha value is -1.61. The molecule has 2 aromatic rings. The first kappa shape index (κ1) is 13.8. The van der Waals surface area contributed by atoms with Crippen molar-refractivity contribution in [3.05, 3.63) is 50.7 Å². The molecule has 3 heteroatoms. The number of carbonyl (C=O) groups is 1. The highest BCUT2D eigenvalue weighted by Gasteiger charge is 2.09. The van der Waals surface area contributed by atoms with Crippen molar-refractivity contribution in [1.29, 1.82) is 0 Å². The van der Waals surface area contributed by atoms with E-state index in [9.17, 15) is 4.79 Å². The molecule has 0 saturated carbocycles. The lowest BCUT2D eigenvalue weighted by Gasteiger charge is -2.10. The molecule has 0 fully saturated rings. The number of aryl methyl sites for hydroxylation is 3. The average molecular weight is 274 g/mol. The van der Waals surface area contributed by atoms with Crippen molar-refractivity contribution < 1.29 is 9.53 Å². The number of benzene rings is 1. The van der Waals surface area contributed by atoms with E-state index in [1.54, 1.807) is 11.3 Å². The molecule has 2 nitrogen and oxygen atoms in total. The monoisotopic (exact) mass is 274 g/mol. The summed E-state index contributed by atoms with van der Waals surface area (Å²) in [6.07, 6.45) is 1.84. The van der Waals surface area contributed by atoms with Gasteiger partial charge in [-0.3, -0.25) is 4.79 Å². The van der Waals surface area contributed by atoms with Crippen LogP contribution in [0.2, 0.25) is 0 Å². The molecular formula is C16H18O2S. The van der Waals surface area contributed by atoms with Crippen molar-refractivity contribution in [1.82, 2.24) is 0 Å². The van der Waals surface area contributed by atoms with Gasteiger partial charge in [0.25, 0.3) is 0 Å². The van der Waals surface area contributed by atoms with Crippen molar-refractivity contribution in [2.24, 2.45) is 0 Å². The highest BCUT2D eigenvalue weighted by Crippen LogP contribution is 2.25. The summed E-state index contributed by atoms with van der Waals surface area (Å²) in [5.74, 6) is 0.918. The van der Waals surface area contributed by atoms with Gasteiger partial charge < -0.3 is 4.74 Å². The number of carbonyl (C=O) groups excluding carboxylic acids is 1. The standard InChI is InChI=1S/C16H18O2S/c1-4-16-13(8-14(9-17)19-16)10-18-15-7-11(2)5-6-12(15)3/h5-9H,4,10H2,1-3H3. The summed E-state index contributed by atoms with van der Waals surface area (Å²) in [5.41, 5.74) is 3.44. The summed E-state index contributed by atoms with van der Waals surface area (Å²) in [6.45, 7) is 6.72. The maximum absolute atomic E-state index is 10.8. The molecule has 0 amide bonds. The Labute approximate surface area is 118 Å². The quantitative estimate of drug-likeness (QED) is 0.759. The van der Waals surface area contributed by atoms with Gasteiger partial charge in [0.2, 0.25) is 0 Å². The topological polar surface area (TPSA) is 26.3 Å². The molecule has 0 radical (unpaired) electrons. The van der Waals surface area contributed by atoms with E-state index in [-0.39, 0.29) is 0 Å². The van der Waals surface area contributed by atoms with Gasteiger partial charge in [-0.05, 0) is 43.5 Å². The third kappa shape index (κ3) is 3.24. The van der Waals surface area contributed by atoms with Crippen LogP contribution in [0.3, 0.4) is 0 Å². The van der Waals surface area contributed by atoms with E-state index in [4.69, 9.17) is 4.74 Å². The van der Waals surface area contributed by atoms with E-state index in [0.717, 1.165) is 34.5 Å². The number of ether oxygens (including phenoxy) is 1. The first-order valence-electron chi connectivity index (χ1n) is 6.41. The predicted octanol–water partition coefficient (Wildman–Crippen LogP) is 4.32. The second kappa shape index (κ2) is 6.02. The summed E-state index contributed by atoms with van der Waals surface area (Å²) in [6, 6.07) is 8.13. The van der Waals surface area contributed by atoms with Gasteiger partial charge in [0.1, 0.15) is 12.4 Å².